The number of allylic oxidation sites excluding steroid dienone is 4. The van der Waals surface area contributed by atoms with Crippen LogP contribution >= 0.6 is 0 Å². The van der Waals surface area contributed by atoms with Gasteiger partial charge in [0, 0.05) is 6.61 Å². The third kappa shape index (κ3) is 15.4. The lowest BCUT2D eigenvalue weighted by molar-refractivity contribution is 0.282. The maximum Gasteiger partial charge on any atom is 0.0431 e. The van der Waals surface area contributed by atoms with E-state index in [0.717, 1.165) is 6.42 Å². The van der Waals surface area contributed by atoms with Crippen molar-refractivity contribution in [1.29, 1.82) is 0 Å². The highest BCUT2D eigenvalue weighted by Gasteiger charge is 1.87. The molecule has 0 aromatic heterocycles. The molecule has 0 bridgehead atoms. The van der Waals surface area contributed by atoms with Gasteiger partial charge in [-0.1, -0.05) is 63.3 Å². The summed E-state index contributed by atoms with van der Waals surface area (Å²) < 4.78 is 0. The summed E-state index contributed by atoms with van der Waals surface area (Å²) in [7, 11) is 0. The van der Waals surface area contributed by atoms with E-state index in [1.807, 2.05) is 0 Å². The second-order valence-electron chi connectivity index (χ2n) is 4.63. The van der Waals surface area contributed by atoms with Crippen LogP contribution in [0.1, 0.15) is 71.1 Å². The van der Waals surface area contributed by atoms with Crippen molar-refractivity contribution in [1.82, 2.24) is 0 Å². The first-order valence-electron chi connectivity index (χ1n) is 7.34. The van der Waals surface area contributed by atoms with Crippen molar-refractivity contribution in [2.24, 2.45) is 0 Å². The van der Waals surface area contributed by atoms with Crippen molar-refractivity contribution in [3.63, 3.8) is 0 Å². The Bertz CT molecular complexity index is 182. The topological polar surface area (TPSA) is 20.2 Å². The zero-order valence-electron chi connectivity index (χ0n) is 11.5. The molecule has 100 valence electrons. The van der Waals surface area contributed by atoms with Crippen LogP contribution in [0.25, 0.3) is 0 Å². The molecular formula is C16H30O. The van der Waals surface area contributed by atoms with E-state index in [2.05, 4.69) is 31.2 Å². The van der Waals surface area contributed by atoms with Gasteiger partial charge in [-0.15, -0.1) is 0 Å². The average molecular weight is 238 g/mol. The molecule has 17 heavy (non-hydrogen) atoms. The van der Waals surface area contributed by atoms with E-state index in [4.69, 9.17) is 5.11 Å². The Morgan fingerprint density at radius 2 is 1.24 bits per heavy atom. The van der Waals surface area contributed by atoms with Gasteiger partial charge in [0.05, 0.1) is 0 Å². The molecule has 0 unspecified atom stereocenters. The Morgan fingerprint density at radius 1 is 0.706 bits per heavy atom. The van der Waals surface area contributed by atoms with Crippen LogP contribution in [0.2, 0.25) is 0 Å². The molecule has 0 fully saturated rings. The molecule has 0 spiro atoms. The first-order valence-corrected chi connectivity index (χ1v) is 7.34. The van der Waals surface area contributed by atoms with E-state index in [1.54, 1.807) is 0 Å². The molecule has 0 saturated heterocycles. The molecule has 0 amide bonds. The summed E-state index contributed by atoms with van der Waals surface area (Å²) in [5.74, 6) is 0. The van der Waals surface area contributed by atoms with Gasteiger partial charge in [-0.05, 0) is 32.1 Å². The van der Waals surface area contributed by atoms with Crippen LogP contribution in [0.15, 0.2) is 24.3 Å². The standard InChI is InChI=1S/C16H30O/c1-2-3-4-5-6-7-8-9-10-11-12-13-14-15-16-17/h6-9,17H,2-5,10-16H2,1H3/b7-6-,9-8+. The molecule has 0 aliphatic heterocycles. The summed E-state index contributed by atoms with van der Waals surface area (Å²) in [4.78, 5) is 0. The van der Waals surface area contributed by atoms with Crippen LogP contribution in [0.4, 0.5) is 0 Å². The highest BCUT2D eigenvalue weighted by Crippen LogP contribution is 2.05. The van der Waals surface area contributed by atoms with E-state index in [-0.39, 0.29) is 0 Å². The smallest absolute Gasteiger partial charge is 0.0431 e. The van der Waals surface area contributed by atoms with Crippen LogP contribution in [0.3, 0.4) is 0 Å². The third-order valence-corrected chi connectivity index (χ3v) is 2.89. The fourth-order valence-corrected chi connectivity index (χ4v) is 1.77. The number of hydrogen-bond acceptors (Lipinski definition) is 1. The van der Waals surface area contributed by atoms with Gasteiger partial charge >= 0.3 is 0 Å². The summed E-state index contributed by atoms with van der Waals surface area (Å²) >= 11 is 0. The van der Waals surface area contributed by atoms with Gasteiger partial charge < -0.3 is 5.11 Å². The second-order valence-corrected chi connectivity index (χ2v) is 4.63. The van der Waals surface area contributed by atoms with Gasteiger partial charge in [-0.3, -0.25) is 0 Å². The van der Waals surface area contributed by atoms with Gasteiger partial charge in [0.2, 0.25) is 0 Å². The molecule has 0 radical (unpaired) electrons. The lowest BCUT2D eigenvalue weighted by Gasteiger charge is -1.96. The molecule has 0 aromatic carbocycles. The summed E-state index contributed by atoms with van der Waals surface area (Å²) in [6, 6.07) is 0. The third-order valence-electron chi connectivity index (χ3n) is 2.89. The molecule has 1 N–H and O–H groups in total. The minimum Gasteiger partial charge on any atom is -0.396 e. The van der Waals surface area contributed by atoms with Gasteiger partial charge in [-0.2, -0.15) is 0 Å². The van der Waals surface area contributed by atoms with Gasteiger partial charge in [0.15, 0.2) is 0 Å². The summed E-state index contributed by atoms with van der Waals surface area (Å²) in [5.41, 5.74) is 0. The molecule has 0 rings (SSSR count). The maximum absolute atomic E-state index is 8.62. The second kappa shape index (κ2) is 15.4. The molecule has 0 heterocycles. The normalized spacial score (nSPS) is 11.9. The van der Waals surface area contributed by atoms with Crippen molar-refractivity contribution in [3.8, 4) is 0 Å². The lowest BCUT2D eigenvalue weighted by Crippen LogP contribution is -1.82. The quantitative estimate of drug-likeness (QED) is 0.374. The minimum atomic E-state index is 0.350. The number of aliphatic hydroxyl groups is 1. The van der Waals surface area contributed by atoms with Crippen LogP contribution < -0.4 is 0 Å². The zero-order chi connectivity index (χ0) is 12.6. The average Bonchev–Trinajstić information content (AvgIpc) is 2.35. The van der Waals surface area contributed by atoms with E-state index in [0.29, 0.717) is 6.61 Å². The molecule has 0 aliphatic carbocycles. The Labute approximate surface area is 108 Å². The number of unbranched alkanes of at least 4 members (excludes halogenated alkanes) is 8. The van der Waals surface area contributed by atoms with Crippen molar-refractivity contribution in [2.75, 3.05) is 6.61 Å². The van der Waals surface area contributed by atoms with Crippen LogP contribution in [0, 0.1) is 0 Å². The fraction of sp³-hybridized carbons (Fsp3) is 0.750. The minimum absolute atomic E-state index is 0.350. The maximum atomic E-state index is 8.62. The first kappa shape index (κ1) is 16.4. The van der Waals surface area contributed by atoms with Gasteiger partial charge in [0.25, 0.3) is 0 Å². The molecule has 0 atom stereocenters. The van der Waals surface area contributed by atoms with E-state index in [1.165, 1.54) is 57.8 Å². The van der Waals surface area contributed by atoms with Crippen molar-refractivity contribution in [3.05, 3.63) is 24.3 Å². The Hall–Kier alpha value is -0.560. The summed E-state index contributed by atoms with van der Waals surface area (Å²) in [6.45, 7) is 2.59. The largest absolute Gasteiger partial charge is 0.396 e. The molecule has 0 aromatic rings. The molecular weight excluding hydrogens is 208 g/mol. The van der Waals surface area contributed by atoms with E-state index < -0.39 is 0 Å². The monoisotopic (exact) mass is 238 g/mol. The van der Waals surface area contributed by atoms with Crippen molar-refractivity contribution >= 4 is 0 Å². The highest BCUT2D eigenvalue weighted by molar-refractivity contribution is 5.02. The van der Waals surface area contributed by atoms with Gasteiger partial charge in [0.1, 0.15) is 0 Å². The van der Waals surface area contributed by atoms with Crippen LogP contribution in [-0.2, 0) is 0 Å². The van der Waals surface area contributed by atoms with Crippen LogP contribution in [0.5, 0.6) is 0 Å². The predicted octanol–water partition coefficient (Wildman–Crippen LogP) is 5.01. The molecule has 1 heteroatoms. The highest BCUT2D eigenvalue weighted by atomic mass is 16.2. The Kier molecular flexibility index (Phi) is 14.9. The zero-order valence-corrected chi connectivity index (χ0v) is 11.5. The number of hydrogen-bond donors (Lipinski definition) is 1. The van der Waals surface area contributed by atoms with E-state index >= 15 is 0 Å². The summed E-state index contributed by atoms with van der Waals surface area (Å²) in [6.07, 6.45) is 21.3. The number of rotatable bonds is 12. The van der Waals surface area contributed by atoms with Gasteiger partial charge in [-0.25, -0.2) is 0 Å². The van der Waals surface area contributed by atoms with Crippen molar-refractivity contribution in [2.45, 2.75) is 71.1 Å². The lowest BCUT2D eigenvalue weighted by atomic mass is 10.1. The first-order chi connectivity index (χ1) is 8.41. The molecule has 0 aliphatic rings. The molecule has 0 saturated carbocycles. The van der Waals surface area contributed by atoms with Crippen molar-refractivity contribution < 1.29 is 5.11 Å². The SMILES string of the molecule is CCCCC/C=C\C=C\CCCCCCCO. The van der Waals surface area contributed by atoms with E-state index in [9.17, 15) is 0 Å². The Morgan fingerprint density at radius 3 is 1.82 bits per heavy atom. The fourth-order valence-electron chi connectivity index (χ4n) is 1.77. The summed E-state index contributed by atoms with van der Waals surface area (Å²) in [5, 5.41) is 8.62. The number of aliphatic hydroxyl groups excluding tert-OH is 1. The predicted molar refractivity (Wildman–Crippen MR) is 77.2 cm³/mol. The van der Waals surface area contributed by atoms with Crippen LogP contribution in [-0.4, -0.2) is 11.7 Å². The Balaban J connectivity index is 3.13. The molecule has 1 nitrogen and oxygen atoms in total.